The molecule has 2 N–H and O–H groups in total. The smallest absolute Gasteiger partial charge is 0.326 e. The van der Waals surface area contributed by atoms with Crippen LogP contribution in [0.4, 0.5) is 4.79 Å². The highest BCUT2D eigenvalue weighted by molar-refractivity contribution is 7.09. The van der Waals surface area contributed by atoms with Crippen molar-refractivity contribution in [2.75, 3.05) is 13.1 Å². The molecule has 1 fully saturated rings. The van der Waals surface area contributed by atoms with E-state index < -0.39 is 12.0 Å². The first-order chi connectivity index (χ1) is 9.08. The van der Waals surface area contributed by atoms with Gasteiger partial charge in [-0.3, -0.25) is 0 Å². The molecule has 19 heavy (non-hydrogen) atoms. The number of carboxylic acids is 1. The van der Waals surface area contributed by atoms with E-state index in [-0.39, 0.29) is 6.03 Å². The van der Waals surface area contributed by atoms with Gasteiger partial charge < -0.3 is 15.3 Å². The Bertz CT molecular complexity index is 475. The molecule has 104 valence electrons. The Morgan fingerprint density at radius 1 is 1.63 bits per heavy atom. The topological polar surface area (TPSA) is 82.5 Å². The molecular weight excluding hydrogens is 266 g/mol. The van der Waals surface area contributed by atoms with E-state index in [1.807, 2.05) is 12.3 Å². The van der Waals surface area contributed by atoms with Gasteiger partial charge in [-0.2, -0.15) is 0 Å². The van der Waals surface area contributed by atoms with Crippen LogP contribution in [0.1, 0.15) is 23.5 Å². The maximum Gasteiger partial charge on any atom is 0.326 e. The lowest BCUT2D eigenvalue weighted by Crippen LogP contribution is -2.46. The largest absolute Gasteiger partial charge is 0.480 e. The van der Waals surface area contributed by atoms with E-state index in [1.165, 1.54) is 4.90 Å². The van der Waals surface area contributed by atoms with Crippen LogP contribution in [0.5, 0.6) is 0 Å². The maximum atomic E-state index is 11.9. The lowest BCUT2D eigenvalue weighted by molar-refractivity contribution is -0.141. The lowest BCUT2D eigenvalue weighted by atomic mass is 10.2. The van der Waals surface area contributed by atoms with Gasteiger partial charge in [0.05, 0.1) is 10.7 Å². The molecule has 6 nitrogen and oxygen atoms in total. The van der Waals surface area contributed by atoms with Crippen molar-refractivity contribution in [1.29, 1.82) is 0 Å². The second kappa shape index (κ2) is 6.01. The number of thiazole rings is 1. The van der Waals surface area contributed by atoms with Gasteiger partial charge in [0.25, 0.3) is 0 Å². The monoisotopic (exact) mass is 283 g/mol. The van der Waals surface area contributed by atoms with Crippen molar-refractivity contribution in [2.24, 2.45) is 0 Å². The SMILES string of the molecule is Cc1nc(CCNC(=O)N2CCC[C@@H]2C(=O)O)cs1. The quantitative estimate of drug-likeness (QED) is 0.871. The fourth-order valence-electron chi connectivity index (χ4n) is 2.19. The van der Waals surface area contributed by atoms with E-state index in [0.717, 1.165) is 17.1 Å². The van der Waals surface area contributed by atoms with E-state index >= 15 is 0 Å². The lowest BCUT2D eigenvalue weighted by Gasteiger charge is -2.21. The molecule has 1 aromatic heterocycles. The van der Waals surface area contributed by atoms with Crippen LogP contribution in [0.15, 0.2) is 5.38 Å². The molecule has 2 amide bonds. The first-order valence-electron chi connectivity index (χ1n) is 6.26. The summed E-state index contributed by atoms with van der Waals surface area (Å²) in [6.07, 6.45) is 1.95. The van der Waals surface area contributed by atoms with E-state index in [0.29, 0.717) is 25.9 Å². The first kappa shape index (κ1) is 13.8. The van der Waals surface area contributed by atoms with E-state index in [2.05, 4.69) is 10.3 Å². The number of aromatic nitrogens is 1. The number of hydrogen-bond donors (Lipinski definition) is 2. The van der Waals surface area contributed by atoms with Crippen LogP contribution >= 0.6 is 11.3 Å². The number of hydrogen-bond acceptors (Lipinski definition) is 4. The third-order valence-corrected chi connectivity index (χ3v) is 3.94. The highest BCUT2D eigenvalue weighted by atomic mass is 32.1. The number of nitrogens with zero attached hydrogens (tertiary/aromatic N) is 2. The maximum absolute atomic E-state index is 11.9. The summed E-state index contributed by atoms with van der Waals surface area (Å²) < 4.78 is 0. The number of carbonyl (C=O) groups excluding carboxylic acids is 1. The Hall–Kier alpha value is -1.63. The van der Waals surface area contributed by atoms with Gasteiger partial charge in [0.2, 0.25) is 0 Å². The van der Waals surface area contributed by atoms with Gasteiger partial charge in [-0.05, 0) is 19.8 Å². The molecule has 0 spiro atoms. The number of amides is 2. The molecule has 0 unspecified atom stereocenters. The molecule has 1 atom stereocenters. The van der Waals surface area contributed by atoms with Crippen LogP contribution in [0.3, 0.4) is 0 Å². The molecule has 1 aliphatic rings. The second-order valence-electron chi connectivity index (χ2n) is 4.53. The summed E-state index contributed by atoms with van der Waals surface area (Å²) in [6, 6.07) is -0.974. The summed E-state index contributed by atoms with van der Waals surface area (Å²) in [7, 11) is 0. The summed E-state index contributed by atoms with van der Waals surface area (Å²) in [5, 5.41) is 14.7. The average Bonchev–Trinajstić information content (AvgIpc) is 2.97. The predicted molar refractivity (Wildman–Crippen MR) is 71.3 cm³/mol. The Morgan fingerprint density at radius 2 is 2.42 bits per heavy atom. The molecule has 0 aromatic carbocycles. The number of aryl methyl sites for hydroxylation is 1. The van der Waals surface area contributed by atoms with Crippen molar-refractivity contribution in [3.05, 3.63) is 16.1 Å². The van der Waals surface area contributed by atoms with Crippen molar-refractivity contribution in [2.45, 2.75) is 32.2 Å². The van der Waals surface area contributed by atoms with Crippen LogP contribution in [-0.2, 0) is 11.2 Å². The molecule has 1 saturated heterocycles. The van der Waals surface area contributed by atoms with Gasteiger partial charge in [0.1, 0.15) is 6.04 Å². The summed E-state index contributed by atoms with van der Waals surface area (Å²) in [4.78, 5) is 28.6. The van der Waals surface area contributed by atoms with Crippen LogP contribution in [0, 0.1) is 6.92 Å². The van der Waals surface area contributed by atoms with Crippen LogP contribution in [0.2, 0.25) is 0 Å². The number of urea groups is 1. The summed E-state index contributed by atoms with van der Waals surface area (Å²) in [5.74, 6) is -0.928. The van der Waals surface area contributed by atoms with Gasteiger partial charge in [0, 0.05) is 24.9 Å². The molecule has 0 radical (unpaired) electrons. The van der Waals surface area contributed by atoms with Crippen molar-refractivity contribution >= 4 is 23.3 Å². The Labute approximate surface area is 115 Å². The van der Waals surface area contributed by atoms with E-state index in [4.69, 9.17) is 5.11 Å². The highest BCUT2D eigenvalue weighted by Crippen LogP contribution is 2.17. The fourth-order valence-corrected chi connectivity index (χ4v) is 2.84. The predicted octanol–water partition coefficient (Wildman–Crippen LogP) is 1.25. The minimum atomic E-state index is -0.928. The van der Waals surface area contributed by atoms with E-state index in [1.54, 1.807) is 11.3 Å². The number of carboxylic acid groups (broad SMARTS) is 1. The minimum absolute atomic E-state index is 0.295. The molecular formula is C12H17N3O3S. The van der Waals surface area contributed by atoms with Gasteiger partial charge >= 0.3 is 12.0 Å². The normalized spacial score (nSPS) is 18.6. The second-order valence-corrected chi connectivity index (χ2v) is 5.59. The van der Waals surface area contributed by atoms with Crippen molar-refractivity contribution < 1.29 is 14.7 Å². The number of rotatable bonds is 4. The van der Waals surface area contributed by atoms with Gasteiger partial charge in [-0.15, -0.1) is 11.3 Å². The number of carbonyl (C=O) groups is 2. The van der Waals surface area contributed by atoms with Crippen LogP contribution in [-0.4, -0.2) is 46.1 Å². The van der Waals surface area contributed by atoms with Crippen molar-refractivity contribution in [3.63, 3.8) is 0 Å². The van der Waals surface area contributed by atoms with Crippen LogP contribution < -0.4 is 5.32 Å². The van der Waals surface area contributed by atoms with Gasteiger partial charge in [0.15, 0.2) is 0 Å². The number of likely N-dealkylation sites (tertiary alicyclic amines) is 1. The molecule has 2 heterocycles. The van der Waals surface area contributed by atoms with Crippen LogP contribution in [0.25, 0.3) is 0 Å². The number of aliphatic carboxylic acids is 1. The van der Waals surface area contributed by atoms with Gasteiger partial charge in [-0.25, -0.2) is 14.6 Å². The highest BCUT2D eigenvalue weighted by Gasteiger charge is 2.33. The molecule has 0 aliphatic carbocycles. The van der Waals surface area contributed by atoms with Crippen molar-refractivity contribution in [3.8, 4) is 0 Å². The Kier molecular flexibility index (Phi) is 4.36. The average molecular weight is 283 g/mol. The fraction of sp³-hybridized carbons (Fsp3) is 0.583. The molecule has 1 aromatic rings. The zero-order chi connectivity index (χ0) is 13.8. The molecule has 0 bridgehead atoms. The standard InChI is InChI=1S/C12H17N3O3S/c1-8-14-9(7-19-8)4-5-13-12(18)15-6-2-3-10(15)11(16)17/h7,10H,2-6H2,1H3,(H,13,18)(H,16,17)/t10-/m1/s1. The molecule has 2 rings (SSSR count). The summed E-state index contributed by atoms with van der Waals surface area (Å²) >= 11 is 1.58. The summed E-state index contributed by atoms with van der Waals surface area (Å²) in [5.41, 5.74) is 0.957. The third-order valence-electron chi connectivity index (χ3n) is 3.12. The Balaban J connectivity index is 1.79. The van der Waals surface area contributed by atoms with Gasteiger partial charge in [-0.1, -0.05) is 0 Å². The molecule has 7 heteroatoms. The minimum Gasteiger partial charge on any atom is -0.480 e. The third kappa shape index (κ3) is 3.44. The summed E-state index contributed by atoms with van der Waals surface area (Å²) in [6.45, 7) is 2.93. The van der Waals surface area contributed by atoms with E-state index in [9.17, 15) is 9.59 Å². The van der Waals surface area contributed by atoms with Crippen molar-refractivity contribution in [1.82, 2.24) is 15.2 Å². The zero-order valence-corrected chi connectivity index (χ0v) is 11.6. The zero-order valence-electron chi connectivity index (χ0n) is 10.8. The Morgan fingerprint density at radius 3 is 3.05 bits per heavy atom. The first-order valence-corrected chi connectivity index (χ1v) is 7.14. The molecule has 1 aliphatic heterocycles. The molecule has 0 saturated carbocycles. The number of nitrogens with one attached hydrogen (secondary N) is 1.